The Kier molecular flexibility index (Phi) is 6.01. The second-order valence-corrected chi connectivity index (χ2v) is 8.19. The molecule has 8 nitrogen and oxygen atoms in total. The number of nitrogen functional groups attached to an aromatic ring is 1. The first-order valence-electron chi connectivity index (χ1n) is 10.6. The lowest BCUT2D eigenvalue weighted by Crippen LogP contribution is -2.49. The number of nitrogens with one attached hydrogen (secondary N) is 1. The molecule has 3 N–H and O–H groups in total. The summed E-state index contributed by atoms with van der Waals surface area (Å²) in [4.78, 5) is 21.2. The van der Waals surface area contributed by atoms with Gasteiger partial charge in [0, 0.05) is 43.9 Å². The minimum atomic E-state index is -0.497. The molecule has 1 aromatic heterocycles. The number of pyridine rings is 1. The second-order valence-electron chi connectivity index (χ2n) is 8.19. The number of nitrogens with two attached hydrogens (primary N) is 1. The molecule has 2 saturated heterocycles. The van der Waals surface area contributed by atoms with E-state index in [2.05, 4.69) is 14.8 Å². The van der Waals surface area contributed by atoms with E-state index in [0.717, 1.165) is 77.2 Å². The van der Waals surface area contributed by atoms with E-state index in [1.807, 2.05) is 0 Å². The van der Waals surface area contributed by atoms with Gasteiger partial charge in [0.25, 0.3) is 0 Å². The van der Waals surface area contributed by atoms with Gasteiger partial charge in [-0.05, 0) is 31.7 Å². The number of hydrogen-bond acceptors (Lipinski definition) is 8. The molecule has 4 rings (SSSR count). The molecule has 0 amide bonds. The number of ether oxygens (including phenoxy) is 2. The van der Waals surface area contributed by atoms with Gasteiger partial charge >= 0.3 is 5.97 Å². The van der Waals surface area contributed by atoms with Crippen LogP contribution in [0.4, 0.5) is 11.5 Å². The van der Waals surface area contributed by atoms with E-state index in [1.54, 1.807) is 6.07 Å². The maximum Gasteiger partial charge on any atom is 0.356 e. The summed E-state index contributed by atoms with van der Waals surface area (Å²) in [5, 5.41) is 8.73. The van der Waals surface area contributed by atoms with Crippen LogP contribution in [0.3, 0.4) is 0 Å². The molecule has 158 valence electrons. The molecule has 0 spiro atoms. The lowest BCUT2D eigenvalue weighted by Gasteiger charge is -2.41. The fraction of sp³-hybridized carbons (Fsp3) is 0.667. The Morgan fingerprint density at radius 2 is 1.90 bits per heavy atom. The first-order chi connectivity index (χ1) is 14.1. The van der Waals surface area contributed by atoms with Crippen LogP contribution in [0.5, 0.6) is 0 Å². The van der Waals surface area contributed by atoms with Crippen LogP contribution in [-0.2, 0) is 9.47 Å². The van der Waals surface area contributed by atoms with E-state index in [1.165, 1.54) is 7.11 Å². The van der Waals surface area contributed by atoms with Gasteiger partial charge in [-0.3, -0.25) is 4.90 Å². The fourth-order valence-electron chi connectivity index (χ4n) is 4.60. The highest BCUT2D eigenvalue weighted by Crippen LogP contribution is 2.36. The van der Waals surface area contributed by atoms with Crippen molar-refractivity contribution in [2.45, 2.75) is 38.1 Å². The number of nitrogens with zero attached hydrogens (tertiary/aromatic N) is 3. The Balaban J connectivity index is 1.58. The molecule has 8 heteroatoms. The molecule has 1 aliphatic carbocycles. The summed E-state index contributed by atoms with van der Waals surface area (Å²) < 4.78 is 10.3. The molecule has 3 aliphatic rings. The number of carbonyl (C=O) groups excluding carboxylic acids is 1. The topological polar surface area (TPSA) is 105 Å². The number of carbonyl (C=O) groups is 1. The number of aromatic nitrogens is 1. The number of piperidine rings is 1. The number of methoxy groups -OCH3 is 1. The standard InChI is InChI=1S/C21H31N5O3/c1-28-21(27)16-13-17(18(20(23)24-16)19(22)14-3-2-4-14)26-7-5-15(6-8-26)25-9-11-29-12-10-25/h13-15,22H,2-12H2,1H3,(H2,23,24). The van der Waals surface area contributed by atoms with Crippen LogP contribution < -0.4 is 10.6 Å². The van der Waals surface area contributed by atoms with Crippen molar-refractivity contribution in [3.63, 3.8) is 0 Å². The predicted octanol–water partition coefficient (Wildman–Crippen LogP) is 1.92. The zero-order valence-corrected chi connectivity index (χ0v) is 17.2. The summed E-state index contributed by atoms with van der Waals surface area (Å²) in [6, 6.07) is 2.32. The zero-order valence-electron chi connectivity index (χ0n) is 17.2. The molecule has 0 bridgehead atoms. The molecule has 2 aliphatic heterocycles. The van der Waals surface area contributed by atoms with Crippen LogP contribution in [0.1, 0.15) is 48.2 Å². The van der Waals surface area contributed by atoms with Crippen LogP contribution in [0.15, 0.2) is 6.07 Å². The predicted molar refractivity (Wildman–Crippen MR) is 112 cm³/mol. The molecule has 29 heavy (non-hydrogen) atoms. The smallest absolute Gasteiger partial charge is 0.356 e. The molecule has 1 saturated carbocycles. The highest BCUT2D eigenvalue weighted by molar-refractivity contribution is 6.09. The lowest BCUT2D eigenvalue weighted by molar-refractivity contribution is 0.0115. The summed E-state index contributed by atoms with van der Waals surface area (Å²) >= 11 is 0. The molecule has 0 unspecified atom stereocenters. The van der Waals surface area contributed by atoms with Gasteiger partial charge < -0.3 is 25.5 Å². The van der Waals surface area contributed by atoms with Gasteiger partial charge in [0.2, 0.25) is 0 Å². The van der Waals surface area contributed by atoms with E-state index < -0.39 is 5.97 Å². The highest BCUT2D eigenvalue weighted by atomic mass is 16.5. The van der Waals surface area contributed by atoms with E-state index in [-0.39, 0.29) is 17.4 Å². The van der Waals surface area contributed by atoms with Crippen molar-refractivity contribution in [2.75, 3.05) is 57.1 Å². The van der Waals surface area contributed by atoms with Crippen LogP contribution in [0.2, 0.25) is 0 Å². The highest BCUT2D eigenvalue weighted by Gasteiger charge is 2.32. The number of morpholine rings is 1. The Hall–Kier alpha value is -2.19. The van der Waals surface area contributed by atoms with Gasteiger partial charge in [0.1, 0.15) is 5.82 Å². The molecule has 1 aromatic rings. The van der Waals surface area contributed by atoms with Crippen LogP contribution in [0.25, 0.3) is 0 Å². The quantitative estimate of drug-likeness (QED) is 0.574. The van der Waals surface area contributed by atoms with Gasteiger partial charge in [-0.25, -0.2) is 9.78 Å². The fourth-order valence-corrected chi connectivity index (χ4v) is 4.60. The van der Waals surface area contributed by atoms with Gasteiger partial charge in [0.05, 0.1) is 31.6 Å². The van der Waals surface area contributed by atoms with Crippen molar-refractivity contribution in [3.05, 3.63) is 17.3 Å². The number of hydrogen-bond donors (Lipinski definition) is 2. The Bertz CT molecular complexity index is 766. The molecule has 3 fully saturated rings. The minimum Gasteiger partial charge on any atom is -0.464 e. The SMILES string of the molecule is COC(=O)c1cc(N2CCC(N3CCOCC3)CC2)c(C(=N)C2CCC2)c(N)n1. The average molecular weight is 402 g/mol. The van der Waals surface area contributed by atoms with Crippen molar-refractivity contribution < 1.29 is 14.3 Å². The lowest BCUT2D eigenvalue weighted by atomic mass is 9.79. The second kappa shape index (κ2) is 8.67. The van der Waals surface area contributed by atoms with Crippen molar-refractivity contribution in [3.8, 4) is 0 Å². The normalized spacial score (nSPS) is 21.6. The largest absolute Gasteiger partial charge is 0.464 e. The Morgan fingerprint density at radius 1 is 1.21 bits per heavy atom. The molecule has 0 aromatic carbocycles. The van der Waals surface area contributed by atoms with Crippen LogP contribution >= 0.6 is 0 Å². The van der Waals surface area contributed by atoms with E-state index >= 15 is 0 Å². The first kappa shape index (κ1) is 20.1. The van der Waals surface area contributed by atoms with E-state index in [0.29, 0.717) is 17.3 Å². The number of rotatable bonds is 5. The molecule has 3 heterocycles. The molecule has 0 radical (unpaired) electrons. The summed E-state index contributed by atoms with van der Waals surface area (Å²) in [6.07, 6.45) is 5.30. The molecular weight excluding hydrogens is 370 g/mol. The molecule has 0 atom stereocenters. The van der Waals surface area contributed by atoms with Gasteiger partial charge in [-0.2, -0.15) is 0 Å². The average Bonchev–Trinajstić information content (AvgIpc) is 2.72. The van der Waals surface area contributed by atoms with E-state index in [9.17, 15) is 4.79 Å². The molecular formula is C21H31N5O3. The van der Waals surface area contributed by atoms with Crippen LogP contribution in [-0.4, -0.2) is 74.1 Å². The summed E-state index contributed by atoms with van der Waals surface area (Å²) in [5.74, 6) is 0.00527. The first-order valence-corrected chi connectivity index (χ1v) is 10.6. The van der Waals surface area contributed by atoms with E-state index in [4.69, 9.17) is 20.6 Å². The summed E-state index contributed by atoms with van der Waals surface area (Å²) in [5.41, 5.74) is 8.60. The Labute approximate surface area is 171 Å². The number of esters is 1. The van der Waals surface area contributed by atoms with Crippen molar-refractivity contribution in [1.82, 2.24) is 9.88 Å². The third-order valence-corrected chi connectivity index (χ3v) is 6.57. The number of anilines is 2. The third kappa shape index (κ3) is 4.09. The van der Waals surface area contributed by atoms with Gasteiger partial charge in [-0.1, -0.05) is 6.42 Å². The third-order valence-electron chi connectivity index (χ3n) is 6.57. The van der Waals surface area contributed by atoms with Crippen molar-refractivity contribution in [1.29, 1.82) is 5.41 Å². The zero-order chi connectivity index (χ0) is 20.4. The maximum atomic E-state index is 12.1. The monoisotopic (exact) mass is 401 g/mol. The van der Waals surface area contributed by atoms with Crippen molar-refractivity contribution in [2.24, 2.45) is 5.92 Å². The van der Waals surface area contributed by atoms with Crippen molar-refractivity contribution >= 4 is 23.2 Å². The summed E-state index contributed by atoms with van der Waals surface area (Å²) in [6.45, 7) is 5.36. The summed E-state index contributed by atoms with van der Waals surface area (Å²) in [7, 11) is 1.35. The van der Waals surface area contributed by atoms with Gasteiger partial charge in [0.15, 0.2) is 5.69 Å². The minimum absolute atomic E-state index is 0.209. The van der Waals surface area contributed by atoms with Gasteiger partial charge in [-0.15, -0.1) is 0 Å². The Morgan fingerprint density at radius 3 is 2.48 bits per heavy atom. The van der Waals surface area contributed by atoms with Crippen LogP contribution in [0, 0.1) is 11.3 Å². The maximum absolute atomic E-state index is 12.1.